The maximum atomic E-state index is 15.0. The summed E-state index contributed by atoms with van der Waals surface area (Å²) in [6, 6.07) is 3.75. The van der Waals surface area contributed by atoms with E-state index in [2.05, 4.69) is 36.9 Å². The van der Waals surface area contributed by atoms with Crippen molar-refractivity contribution in [3.8, 4) is 6.07 Å². The molecule has 3 heterocycles. The van der Waals surface area contributed by atoms with Crippen LogP contribution in [0.5, 0.6) is 0 Å². The lowest BCUT2D eigenvalue weighted by molar-refractivity contribution is 0.0555. The highest BCUT2D eigenvalue weighted by molar-refractivity contribution is 5.67. The van der Waals surface area contributed by atoms with Gasteiger partial charge in [0.2, 0.25) is 5.95 Å². The summed E-state index contributed by atoms with van der Waals surface area (Å²) in [5, 5.41) is 31.6. The number of ether oxygens (including phenoxy) is 1. The average Bonchev–Trinajstić information content (AvgIpc) is 3.53. The monoisotopic (exact) mass is 470 g/mol. The molecule has 1 amide bonds. The lowest BCUT2D eigenvalue weighted by Crippen LogP contribution is -2.36. The highest BCUT2D eigenvalue weighted by Gasteiger charge is 2.41. The number of aliphatic hydroxyl groups is 1. The number of aryl methyl sites for hydroxylation is 1. The van der Waals surface area contributed by atoms with Gasteiger partial charge in [-0.1, -0.05) is 0 Å². The van der Waals surface area contributed by atoms with Crippen molar-refractivity contribution in [2.75, 3.05) is 11.9 Å². The first-order valence-electron chi connectivity index (χ1n) is 11.2. The number of carbonyl (C=O) groups is 1. The molecule has 1 fully saturated rings. The van der Waals surface area contributed by atoms with Gasteiger partial charge in [-0.15, -0.1) is 0 Å². The second kappa shape index (κ2) is 10.0. The lowest BCUT2D eigenvalue weighted by atomic mass is 10.0. The number of anilines is 2. The van der Waals surface area contributed by atoms with Gasteiger partial charge in [-0.2, -0.15) is 10.4 Å². The first-order chi connectivity index (χ1) is 16.4. The van der Waals surface area contributed by atoms with Crippen LogP contribution in [0.15, 0.2) is 18.5 Å². The van der Waals surface area contributed by atoms with E-state index >= 15 is 4.39 Å². The maximum Gasteiger partial charge on any atom is 0.407 e. The summed E-state index contributed by atoms with van der Waals surface area (Å²) in [6.07, 6.45) is 2.25. The Hall–Kier alpha value is -3.72. The third kappa shape index (κ3) is 4.79. The van der Waals surface area contributed by atoms with Crippen LogP contribution < -0.4 is 10.6 Å². The Morgan fingerprint density at radius 3 is 3.03 bits per heavy atom. The van der Waals surface area contributed by atoms with E-state index in [-0.39, 0.29) is 12.6 Å². The number of halogens is 1. The number of nitrogens with one attached hydrogen (secondary N) is 3. The van der Waals surface area contributed by atoms with Crippen LogP contribution in [-0.2, 0) is 11.2 Å². The smallest absolute Gasteiger partial charge is 0.407 e. The van der Waals surface area contributed by atoms with Crippen LogP contribution in [-0.4, -0.2) is 60.7 Å². The molecule has 0 unspecified atom stereocenters. The molecule has 1 aliphatic rings. The number of amides is 1. The van der Waals surface area contributed by atoms with Crippen molar-refractivity contribution in [1.29, 1.82) is 5.26 Å². The highest BCUT2D eigenvalue weighted by atomic mass is 19.1. The summed E-state index contributed by atoms with van der Waals surface area (Å²) in [4.78, 5) is 20.7. The number of nitrogens with zero attached hydrogens (tertiary/aromatic N) is 5. The Labute approximate surface area is 195 Å². The number of H-pyrrole nitrogens is 1. The van der Waals surface area contributed by atoms with Crippen molar-refractivity contribution in [2.45, 2.75) is 63.8 Å². The lowest BCUT2D eigenvalue weighted by Gasteiger charge is -2.18. The van der Waals surface area contributed by atoms with Crippen LogP contribution in [0, 0.1) is 11.3 Å². The molecule has 0 saturated heterocycles. The van der Waals surface area contributed by atoms with Gasteiger partial charge >= 0.3 is 6.09 Å². The number of hydrogen-bond acceptors (Lipinski definition) is 8. The molecule has 0 aliphatic heterocycles. The molecule has 34 heavy (non-hydrogen) atoms. The number of fused-ring (bicyclic) bond motifs is 1. The Morgan fingerprint density at radius 1 is 1.47 bits per heavy atom. The van der Waals surface area contributed by atoms with Crippen LogP contribution in [0.2, 0.25) is 0 Å². The molecular formula is C22H27FN8O3. The topological polar surface area (TPSA) is 153 Å². The van der Waals surface area contributed by atoms with Crippen LogP contribution in [0.3, 0.4) is 0 Å². The Morgan fingerprint density at radius 2 is 2.29 bits per heavy atom. The van der Waals surface area contributed by atoms with Crippen LogP contribution in [0.1, 0.15) is 56.0 Å². The first kappa shape index (κ1) is 23.4. The minimum Gasteiger partial charge on any atom is -0.443 e. The third-order valence-electron chi connectivity index (χ3n) is 5.71. The van der Waals surface area contributed by atoms with Gasteiger partial charge in [0.15, 0.2) is 11.5 Å². The van der Waals surface area contributed by atoms with Gasteiger partial charge in [0.25, 0.3) is 0 Å². The molecule has 12 heteroatoms. The minimum absolute atomic E-state index is 0.0206. The highest BCUT2D eigenvalue weighted by Crippen LogP contribution is 2.38. The van der Waals surface area contributed by atoms with Gasteiger partial charge in [-0.25, -0.2) is 19.2 Å². The fourth-order valence-corrected chi connectivity index (χ4v) is 4.14. The molecule has 1 saturated carbocycles. The van der Waals surface area contributed by atoms with Gasteiger partial charge in [0, 0.05) is 42.7 Å². The first-order valence-corrected chi connectivity index (χ1v) is 11.2. The summed E-state index contributed by atoms with van der Waals surface area (Å²) >= 11 is 0. The zero-order valence-electron chi connectivity index (χ0n) is 19.0. The van der Waals surface area contributed by atoms with E-state index in [0.29, 0.717) is 60.0 Å². The van der Waals surface area contributed by atoms with Gasteiger partial charge in [-0.05, 0) is 39.5 Å². The molecule has 1 aliphatic carbocycles. The zero-order chi connectivity index (χ0) is 24.2. The minimum atomic E-state index is -1.36. The van der Waals surface area contributed by atoms with E-state index in [1.807, 2.05) is 0 Å². The fourth-order valence-electron chi connectivity index (χ4n) is 4.14. The van der Waals surface area contributed by atoms with Crippen LogP contribution in [0.4, 0.5) is 21.0 Å². The predicted octanol–water partition coefficient (Wildman–Crippen LogP) is 2.71. The number of nitriles is 1. The largest absolute Gasteiger partial charge is 0.443 e. The Kier molecular flexibility index (Phi) is 6.93. The quantitative estimate of drug-likeness (QED) is 0.392. The number of alkyl halides is 1. The van der Waals surface area contributed by atoms with E-state index in [9.17, 15) is 15.2 Å². The maximum absolute atomic E-state index is 15.0. The number of aromatic amines is 1. The Balaban J connectivity index is 1.51. The van der Waals surface area contributed by atoms with E-state index < -0.39 is 24.3 Å². The standard InChI is InChI=1S/C22H27FN8O3/c1-12(2)26-22(33)34-17-6-5-13(19(17)23)16-10-18(30-29-16)28-21-27-15(4-3-9-32)14(11-24)20-25-7-8-31(20)21/h7-8,10,12-13,17,19,32H,3-6,9H2,1-2H3,(H,26,33)(H2,27,28,29,30)/t13-,17-,19-/m0/s1. The zero-order valence-corrected chi connectivity index (χ0v) is 19.0. The summed E-state index contributed by atoms with van der Waals surface area (Å²) in [6.45, 7) is 3.59. The van der Waals surface area contributed by atoms with Crippen molar-refractivity contribution >= 4 is 23.5 Å². The molecule has 4 rings (SSSR count). The summed E-state index contributed by atoms with van der Waals surface area (Å²) < 4.78 is 21.9. The van der Waals surface area contributed by atoms with Crippen molar-refractivity contribution in [3.05, 3.63) is 35.4 Å². The van der Waals surface area contributed by atoms with Crippen molar-refractivity contribution < 1.29 is 19.0 Å². The molecule has 0 bridgehead atoms. The second-order valence-electron chi connectivity index (χ2n) is 8.52. The molecule has 0 spiro atoms. The molecular weight excluding hydrogens is 443 g/mol. The SMILES string of the molecule is CC(C)NC(=O)O[C@H]1CC[C@@H](c2cc(Nc3nc(CCCO)c(C#N)c4nccn34)n[nH]2)[C@@H]1F. The Bertz CT molecular complexity index is 1200. The fraction of sp³-hybridized carbons (Fsp3) is 0.500. The average molecular weight is 471 g/mol. The van der Waals surface area contributed by atoms with Crippen molar-refractivity contribution in [2.24, 2.45) is 0 Å². The number of aliphatic hydroxyl groups excluding tert-OH is 1. The van der Waals surface area contributed by atoms with E-state index in [1.54, 1.807) is 36.7 Å². The number of hydrogen-bond donors (Lipinski definition) is 4. The van der Waals surface area contributed by atoms with Gasteiger partial charge in [0.1, 0.15) is 23.9 Å². The molecule has 4 N–H and O–H groups in total. The van der Waals surface area contributed by atoms with E-state index in [1.165, 1.54) is 0 Å². The van der Waals surface area contributed by atoms with Gasteiger partial charge in [0.05, 0.1) is 5.69 Å². The molecule has 11 nitrogen and oxygen atoms in total. The number of aromatic nitrogens is 5. The summed E-state index contributed by atoms with van der Waals surface area (Å²) in [5.74, 6) is 0.332. The second-order valence-corrected chi connectivity index (χ2v) is 8.52. The predicted molar refractivity (Wildman–Crippen MR) is 120 cm³/mol. The molecule has 3 aromatic heterocycles. The number of rotatable bonds is 8. The molecule has 180 valence electrons. The van der Waals surface area contributed by atoms with Gasteiger partial charge < -0.3 is 20.5 Å². The molecule has 3 aromatic rings. The van der Waals surface area contributed by atoms with Crippen molar-refractivity contribution in [1.82, 2.24) is 29.9 Å². The third-order valence-corrected chi connectivity index (χ3v) is 5.71. The van der Waals surface area contributed by atoms with Gasteiger partial charge in [-0.3, -0.25) is 9.50 Å². The summed E-state index contributed by atoms with van der Waals surface area (Å²) in [7, 11) is 0. The van der Waals surface area contributed by atoms with Crippen LogP contribution in [0.25, 0.3) is 5.65 Å². The number of carbonyl (C=O) groups excluding carboxylic acids is 1. The number of imidazole rings is 1. The van der Waals surface area contributed by atoms with Crippen molar-refractivity contribution in [3.63, 3.8) is 0 Å². The normalized spacial score (nSPS) is 19.9. The number of alkyl carbamates (subject to hydrolysis) is 1. The molecule has 0 aromatic carbocycles. The van der Waals surface area contributed by atoms with Crippen LogP contribution >= 0.6 is 0 Å². The van der Waals surface area contributed by atoms with E-state index in [0.717, 1.165) is 0 Å². The van der Waals surface area contributed by atoms with E-state index in [4.69, 9.17) is 4.74 Å². The molecule has 3 atom stereocenters. The summed E-state index contributed by atoms with van der Waals surface area (Å²) in [5.41, 5.74) is 1.91. The molecule has 0 radical (unpaired) electrons.